The zero-order valence-corrected chi connectivity index (χ0v) is 10.4. The van der Waals surface area contributed by atoms with Crippen LogP contribution in [0.25, 0.3) is 0 Å². The van der Waals surface area contributed by atoms with E-state index in [9.17, 15) is 9.59 Å². The molecule has 2 heteroatoms. The maximum Gasteiger partial charge on any atom is 0.173 e. The molecule has 17 heavy (non-hydrogen) atoms. The van der Waals surface area contributed by atoms with Gasteiger partial charge in [0.15, 0.2) is 5.78 Å². The average Bonchev–Trinajstić information content (AvgIpc) is 2.34. The van der Waals surface area contributed by atoms with Crippen LogP contribution in [0.15, 0.2) is 24.3 Å². The molecule has 2 nitrogen and oxygen atoms in total. The molecule has 1 aromatic rings. The van der Waals surface area contributed by atoms with Crippen LogP contribution in [0.2, 0.25) is 0 Å². The molecule has 0 bridgehead atoms. The predicted molar refractivity (Wildman–Crippen MR) is 67.2 cm³/mol. The highest BCUT2D eigenvalue weighted by atomic mass is 16.1. The largest absolute Gasteiger partial charge is 0.299 e. The van der Waals surface area contributed by atoms with Crippen LogP contribution in [-0.2, 0) is 4.79 Å². The van der Waals surface area contributed by atoms with Crippen molar-refractivity contribution < 1.29 is 9.59 Å². The lowest BCUT2D eigenvalue weighted by Gasteiger charge is -2.27. The molecule has 0 fully saturated rings. The van der Waals surface area contributed by atoms with Crippen molar-refractivity contribution in [2.45, 2.75) is 39.0 Å². The van der Waals surface area contributed by atoms with E-state index in [-0.39, 0.29) is 11.6 Å². The molecule has 1 aromatic carbocycles. The molecule has 0 radical (unpaired) electrons. The third-order valence-electron chi connectivity index (χ3n) is 3.55. The number of benzene rings is 1. The Morgan fingerprint density at radius 2 is 2.06 bits per heavy atom. The van der Waals surface area contributed by atoms with Gasteiger partial charge >= 0.3 is 0 Å². The molecule has 0 aliphatic heterocycles. The minimum atomic E-state index is -0.403. The van der Waals surface area contributed by atoms with E-state index < -0.39 is 5.92 Å². The molecule has 0 saturated carbocycles. The molecule has 1 aliphatic rings. The summed E-state index contributed by atoms with van der Waals surface area (Å²) in [6.45, 7) is 4.07. The van der Waals surface area contributed by atoms with Crippen molar-refractivity contribution in [3.8, 4) is 0 Å². The Hall–Kier alpha value is -1.44. The summed E-state index contributed by atoms with van der Waals surface area (Å²) in [5.74, 6) is 0.0329. The zero-order valence-electron chi connectivity index (χ0n) is 10.4. The lowest BCUT2D eigenvalue weighted by molar-refractivity contribution is -0.121. The van der Waals surface area contributed by atoms with Crippen molar-refractivity contribution >= 4 is 11.6 Å². The summed E-state index contributed by atoms with van der Waals surface area (Å²) in [6, 6.07) is 7.67. The van der Waals surface area contributed by atoms with Crippen LogP contribution in [0.1, 0.15) is 54.9 Å². The van der Waals surface area contributed by atoms with Crippen LogP contribution in [-0.4, -0.2) is 11.6 Å². The van der Waals surface area contributed by atoms with Crippen LogP contribution < -0.4 is 0 Å². The summed E-state index contributed by atoms with van der Waals surface area (Å²) < 4.78 is 0. The molecule has 0 N–H and O–H groups in total. The number of ketones is 2. The van der Waals surface area contributed by atoms with E-state index in [4.69, 9.17) is 0 Å². The van der Waals surface area contributed by atoms with Gasteiger partial charge in [-0.1, -0.05) is 38.1 Å². The lowest BCUT2D eigenvalue weighted by atomic mass is 9.74. The molecule has 1 aliphatic carbocycles. The fourth-order valence-electron chi connectivity index (χ4n) is 2.62. The van der Waals surface area contributed by atoms with Gasteiger partial charge in [0.05, 0.1) is 5.92 Å². The first-order chi connectivity index (χ1) is 8.15. The van der Waals surface area contributed by atoms with Crippen LogP contribution in [0.3, 0.4) is 0 Å². The lowest BCUT2D eigenvalue weighted by Crippen LogP contribution is -2.30. The number of hydrogen-bond acceptors (Lipinski definition) is 2. The van der Waals surface area contributed by atoms with Crippen molar-refractivity contribution in [2.75, 3.05) is 0 Å². The zero-order chi connectivity index (χ0) is 12.4. The SMILES string of the molecule is CCCC(=O)C1CC(C)c2ccccc2C1=O. The van der Waals surface area contributed by atoms with Crippen LogP contribution in [0.4, 0.5) is 0 Å². The van der Waals surface area contributed by atoms with E-state index in [0.717, 1.165) is 17.5 Å². The van der Waals surface area contributed by atoms with E-state index in [1.807, 2.05) is 31.2 Å². The first kappa shape index (κ1) is 12.0. The fraction of sp³-hybridized carbons (Fsp3) is 0.467. The van der Waals surface area contributed by atoms with E-state index in [1.165, 1.54) is 0 Å². The summed E-state index contributed by atoms with van der Waals surface area (Å²) in [4.78, 5) is 24.2. The molecule has 0 heterocycles. The number of hydrogen-bond donors (Lipinski definition) is 0. The van der Waals surface area contributed by atoms with E-state index >= 15 is 0 Å². The third kappa shape index (κ3) is 2.17. The van der Waals surface area contributed by atoms with Crippen LogP contribution in [0, 0.1) is 5.92 Å². The third-order valence-corrected chi connectivity index (χ3v) is 3.55. The molecule has 0 amide bonds. The van der Waals surface area contributed by atoms with Gasteiger partial charge in [-0.15, -0.1) is 0 Å². The molecule has 90 valence electrons. The Morgan fingerprint density at radius 3 is 2.76 bits per heavy atom. The Kier molecular flexibility index (Phi) is 3.41. The molecule has 2 atom stereocenters. The number of carbonyl (C=O) groups excluding carboxylic acids is 2. The van der Waals surface area contributed by atoms with Crippen molar-refractivity contribution in [2.24, 2.45) is 5.92 Å². The van der Waals surface area contributed by atoms with Crippen molar-refractivity contribution in [1.82, 2.24) is 0 Å². The standard InChI is InChI=1S/C15H18O2/c1-3-6-14(16)13-9-10(2)11-7-4-5-8-12(11)15(13)17/h4-5,7-8,10,13H,3,6,9H2,1-2H3. The first-order valence-electron chi connectivity index (χ1n) is 6.31. The smallest absolute Gasteiger partial charge is 0.173 e. The highest BCUT2D eigenvalue weighted by Gasteiger charge is 2.34. The summed E-state index contributed by atoms with van der Waals surface area (Å²) in [5, 5.41) is 0. The molecule has 2 unspecified atom stereocenters. The van der Waals surface area contributed by atoms with E-state index in [2.05, 4.69) is 6.92 Å². The maximum atomic E-state index is 12.3. The van der Waals surface area contributed by atoms with Crippen molar-refractivity contribution in [1.29, 1.82) is 0 Å². The fourth-order valence-corrected chi connectivity index (χ4v) is 2.62. The summed E-state index contributed by atoms with van der Waals surface area (Å²) in [6.07, 6.45) is 2.01. The van der Waals surface area contributed by atoms with Crippen molar-refractivity contribution in [3.63, 3.8) is 0 Å². The van der Waals surface area contributed by atoms with E-state index in [0.29, 0.717) is 18.8 Å². The Labute approximate surface area is 102 Å². The second-order valence-electron chi connectivity index (χ2n) is 4.86. The summed E-state index contributed by atoms with van der Waals surface area (Å²) in [5.41, 5.74) is 1.85. The first-order valence-corrected chi connectivity index (χ1v) is 6.31. The molecule has 0 aromatic heterocycles. The molecule has 0 spiro atoms. The van der Waals surface area contributed by atoms with Gasteiger partial charge in [0, 0.05) is 12.0 Å². The topological polar surface area (TPSA) is 34.1 Å². The Morgan fingerprint density at radius 1 is 1.35 bits per heavy atom. The minimum Gasteiger partial charge on any atom is -0.299 e. The summed E-state index contributed by atoms with van der Waals surface area (Å²) in [7, 11) is 0. The minimum absolute atomic E-state index is 0.0251. The number of Topliss-reactive ketones (excluding diaryl/α,β-unsaturated/α-hetero) is 2. The highest BCUT2D eigenvalue weighted by Crippen LogP contribution is 2.35. The van der Waals surface area contributed by atoms with Gasteiger partial charge in [-0.2, -0.15) is 0 Å². The quantitative estimate of drug-likeness (QED) is 0.746. The van der Waals surface area contributed by atoms with Gasteiger partial charge in [-0.05, 0) is 24.3 Å². The number of fused-ring (bicyclic) bond motifs is 1. The van der Waals surface area contributed by atoms with Gasteiger partial charge in [-0.3, -0.25) is 9.59 Å². The molecule has 2 rings (SSSR count). The number of carbonyl (C=O) groups is 2. The average molecular weight is 230 g/mol. The highest BCUT2D eigenvalue weighted by molar-refractivity contribution is 6.12. The molecule has 0 saturated heterocycles. The van der Waals surface area contributed by atoms with Crippen LogP contribution in [0.5, 0.6) is 0 Å². The monoisotopic (exact) mass is 230 g/mol. The van der Waals surface area contributed by atoms with Gasteiger partial charge in [-0.25, -0.2) is 0 Å². The van der Waals surface area contributed by atoms with E-state index in [1.54, 1.807) is 0 Å². The summed E-state index contributed by atoms with van der Waals surface area (Å²) >= 11 is 0. The molecular formula is C15H18O2. The van der Waals surface area contributed by atoms with Gasteiger partial charge in [0.1, 0.15) is 5.78 Å². The van der Waals surface area contributed by atoms with Gasteiger partial charge < -0.3 is 0 Å². The molecular weight excluding hydrogens is 212 g/mol. The van der Waals surface area contributed by atoms with Crippen LogP contribution >= 0.6 is 0 Å². The Balaban J connectivity index is 2.33. The Bertz CT molecular complexity index is 448. The second kappa shape index (κ2) is 4.82. The van der Waals surface area contributed by atoms with Crippen molar-refractivity contribution in [3.05, 3.63) is 35.4 Å². The van der Waals surface area contributed by atoms with Gasteiger partial charge in [0.2, 0.25) is 0 Å². The normalized spacial score (nSPS) is 23.3. The maximum absolute atomic E-state index is 12.3. The number of rotatable bonds is 3. The second-order valence-corrected chi connectivity index (χ2v) is 4.86. The predicted octanol–water partition coefficient (Wildman–Crippen LogP) is 3.36. The van der Waals surface area contributed by atoms with Gasteiger partial charge in [0.25, 0.3) is 0 Å².